The Kier molecular flexibility index (Phi) is 6.24. The number of nitrogens with zero attached hydrogens (tertiary/aromatic N) is 1. The van der Waals surface area contributed by atoms with Crippen LogP contribution in [0.3, 0.4) is 0 Å². The summed E-state index contributed by atoms with van der Waals surface area (Å²) in [4.78, 5) is 52.6. The van der Waals surface area contributed by atoms with Crippen molar-refractivity contribution in [1.29, 1.82) is 0 Å². The molecule has 4 aromatic carbocycles. The molecule has 43 heavy (non-hydrogen) atoms. The Bertz CT molecular complexity index is 1700. The minimum atomic E-state index is -1.36. The average Bonchev–Trinajstić information content (AvgIpc) is 3.30. The fraction of sp³-hybridized carbons (Fsp3) is 0.176. The van der Waals surface area contributed by atoms with Gasteiger partial charge in [0.25, 0.3) is 0 Å². The Labute approximate surface area is 257 Å². The Morgan fingerprint density at radius 1 is 0.721 bits per heavy atom. The Hall–Kier alpha value is -4.46. The summed E-state index contributed by atoms with van der Waals surface area (Å²) in [5.41, 5.74) is 3.84. The smallest absolute Gasteiger partial charge is 0.335 e. The predicted octanol–water partition coefficient (Wildman–Crippen LogP) is 5.53. The Morgan fingerprint density at radius 2 is 1.16 bits per heavy atom. The number of carboxylic acid groups (broad SMARTS) is 1. The maximum atomic E-state index is 14.5. The second kappa shape index (κ2) is 9.79. The highest BCUT2D eigenvalue weighted by Crippen LogP contribution is 2.69. The molecule has 0 unspecified atom stereocenters. The van der Waals surface area contributed by atoms with Crippen molar-refractivity contribution in [2.75, 3.05) is 5.32 Å². The van der Waals surface area contributed by atoms with Crippen molar-refractivity contribution < 1.29 is 24.3 Å². The fourth-order valence-corrected chi connectivity index (χ4v) is 8.15. The van der Waals surface area contributed by atoms with Crippen molar-refractivity contribution in [1.82, 2.24) is 4.90 Å². The zero-order chi connectivity index (χ0) is 30.1. The van der Waals surface area contributed by atoms with E-state index in [9.17, 15) is 24.3 Å². The van der Waals surface area contributed by atoms with Crippen molar-refractivity contribution >= 4 is 52.6 Å². The summed E-state index contributed by atoms with van der Waals surface area (Å²) in [7, 11) is 0. The zero-order valence-corrected chi connectivity index (χ0v) is 24.0. The number of hydrogen-bond donors (Lipinski definition) is 2. The molecule has 3 aliphatic carbocycles. The van der Waals surface area contributed by atoms with Crippen molar-refractivity contribution in [3.8, 4) is 0 Å². The van der Waals surface area contributed by atoms with Crippen LogP contribution in [0.4, 0.5) is 5.69 Å². The van der Waals surface area contributed by atoms with E-state index in [0.717, 1.165) is 10.5 Å². The minimum absolute atomic E-state index is 0.0568. The highest BCUT2D eigenvalue weighted by molar-refractivity contribution is 6.36. The normalized spacial score (nSPS) is 25.5. The van der Waals surface area contributed by atoms with E-state index in [2.05, 4.69) is 5.32 Å². The lowest BCUT2D eigenvalue weighted by Crippen LogP contribution is -2.57. The fourth-order valence-electron chi connectivity index (χ4n) is 7.06. The summed E-state index contributed by atoms with van der Waals surface area (Å²) in [6.07, 6.45) is 0.0568. The average molecular weight is 611 g/mol. The lowest BCUT2D eigenvalue weighted by molar-refractivity contribution is -0.146. The zero-order valence-electron chi connectivity index (χ0n) is 22.5. The lowest BCUT2D eigenvalue weighted by Gasteiger charge is -2.54. The van der Waals surface area contributed by atoms with Crippen LogP contribution in [0.25, 0.3) is 0 Å². The topological polar surface area (TPSA) is 104 Å². The van der Waals surface area contributed by atoms with E-state index in [4.69, 9.17) is 23.2 Å². The number of benzene rings is 4. The number of likely N-dealkylation sites (tertiary alicyclic amines) is 1. The molecule has 1 aliphatic heterocycles. The number of nitrogens with one attached hydrogen (secondary N) is 1. The second-order valence-electron chi connectivity index (χ2n) is 11.1. The molecule has 4 aliphatic rings. The van der Waals surface area contributed by atoms with Crippen LogP contribution in [0.15, 0.2) is 103 Å². The van der Waals surface area contributed by atoms with Crippen LogP contribution in [-0.4, -0.2) is 39.7 Å². The number of halogens is 2. The standard InChI is InChI=1S/C34H24Cl2N2O5/c35-33-22-10-4-5-11-23(22)34(36,25-13-7-6-12-24(25)33)28-27(33)30(40)38(31(28)41)26(18-19-8-2-1-3-9-19)29(39)37-21-16-14-20(15-17-21)32(42)43/h1-17,26-28H,18H2,(H,37,39)(H,42,43)/t26-,27-,28+,33?,34?/m1/s1. The van der Waals surface area contributed by atoms with Crippen molar-refractivity contribution in [2.24, 2.45) is 11.8 Å². The van der Waals surface area contributed by atoms with Crippen LogP contribution in [0, 0.1) is 11.8 Å². The number of hydrogen-bond acceptors (Lipinski definition) is 4. The van der Waals surface area contributed by atoms with Gasteiger partial charge in [0.15, 0.2) is 0 Å². The maximum absolute atomic E-state index is 14.5. The number of carbonyl (C=O) groups is 4. The Morgan fingerprint density at radius 3 is 1.60 bits per heavy atom. The molecular formula is C34H24Cl2N2O5. The largest absolute Gasteiger partial charge is 0.478 e. The summed E-state index contributed by atoms with van der Waals surface area (Å²) in [6.45, 7) is 0. The van der Waals surface area contributed by atoms with Gasteiger partial charge in [0.1, 0.15) is 15.8 Å². The van der Waals surface area contributed by atoms with Crippen LogP contribution >= 0.6 is 23.2 Å². The van der Waals surface area contributed by atoms with Crippen molar-refractivity contribution in [2.45, 2.75) is 22.2 Å². The first-order chi connectivity index (χ1) is 20.7. The number of carbonyl (C=O) groups excluding carboxylic acids is 3. The van der Waals surface area contributed by atoms with Crippen LogP contribution in [0.5, 0.6) is 0 Å². The van der Waals surface area contributed by atoms with Gasteiger partial charge in [0.05, 0.1) is 17.4 Å². The molecule has 3 amide bonds. The summed E-state index contributed by atoms with van der Waals surface area (Å²) in [6, 6.07) is 28.3. The first kappa shape index (κ1) is 27.4. The van der Waals surface area contributed by atoms with E-state index >= 15 is 0 Å². The van der Waals surface area contributed by atoms with Gasteiger partial charge in [-0.1, -0.05) is 78.9 Å². The van der Waals surface area contributed by atoms with Gasteiger partial charge in [-0.3, -0.25) is 19.3 Å². The highest BCUT2D eigenvalue weighted by Gasteiger charge is 2.73. The third-order valence-electron chi connectivity index (χ3n) is 8.91. The molecule has 0 spiro atoms. The van der Waals surface area contributed by atoms with E-state index < -0.39 is 51.3 Å². The summed E-state index contributed by atoms with van der Waals surface area (Å²) in [5, 5.41) is 12.0. The van der Waals surface area contributed by atoms with Gasteiger partial charge >= 0.3 is 5.97 Å². The SMILES string of the molecule is O=C(O)c1ccc(NC(=O)[C@@H](Cc2ccccc2)N2C(=O)[C@@H]3[C@H](C2=O)C2(Cl)c4ccccc4C3(Cl)c3ccccc32)cc1. The molecule has 4 aromatic rings. The first-order valence-electron chi connectivity index (χ1n) is 13.8. The van der Waals surface area contributed by atoms with E-state index in [1.54, 1.807) is 0 Å². The van der Waals surface area contributed by atoms with Crippen molar-refractivity contribution in [3.05, 3.63) is 137 Å². The highest BCUT2D eigenvalue weighted by atomic mass is 35.5. The molecule has 9 heteroatoms. The molecule has 3 atom stereocenters. The molecule has 0 radical (unpaired) electrons. The van der Waals surface area contributed by atoms with Gasteiger partial charge in [-0.25, -0.2) is 4.79 Å². The molecule has 2 N–H and O–H groups in total. The molecule has 0 saturated carbocycles. The van der Waals surface area contributed by atoms with Crippen LogP contribution in [-0.2, 0) is 30.6 Å². The van der Waals surface area contributed by atoms with E-state index in [0.29, 0.717) is 27.9 Å². The molecule has 0 aromatic heterocycles. The van der Waals surface area contributed by atoms with Gasteiger partial charge in [-0.2, -0.15) is 0 Å². The van der Waals surface area contributed by atoms with E-state index in [1.165, 1.54) is 24.3 Å². The number of anilines is 1. The van der Waals surface area contributed by atoms with Gasteiger partial charge in [0, 0.05) is 12.1 Å². The van der Waals surface area contributed by atoms with Crippen LogP contribution in [0.2, 0.25) is 0 Å². The van der Waals surface area contributed by atoms with Gasteiger partial charge in [-0.05, 0) is 52.1 Å². The maximum Gasteiger partial charge on any atom is 0.335 e. The minimum Gasteiger partial charge on any atom is -0.478 e. The lowest BCUT2D eigenvalue weighted by atomic mass is 9.54. The molecular weight excluding hydrogens is 587 g/mol. The molecule has 1 fully saturated rings. The number of carboxylic acids is 1. The van der Waals surface area contributed by atoms with Crippen LogP contribution in [0.1, 0.15) is 38.2 Å². The molecule has 8 rings (SSSR count). The van der Waals surface area contributed by atoms with Crippen LogP contribution < -0.4 is 5.32 Å². The molecule has 1 saturated heterocycles. The third-order valence-corrected chi connectivity index (χ3v) is 10.2. The number of amides is 3. The first-order valence-corrected chi connectivity index (χ1v) is 14.6. The van der Waals surface area contributed by atoms with Crippen molar-refractivity contribution in [3.63, 3.8) is 0 Å². The number of imide groups is 1. The molecule has 1 heterocycles. The number of rotatable bonds is 6. The van der Waals surface area contributed by atoms with Gasteiger partial charge in [0.2, 0.25) is 17.7 Å². The summed E-state index contributed by atoms with van der Waals surface area (Å²) >= 11 is 15.1. The second-order valence-corrected chi connectivity index (χ2v) is 12.3. The quantitative estimate of drug-likeness (QED) is 0.221. The predicted molar refractivity (Wildman–Crippen MR) is 161 cm³/mol. The van der Waals surface area contributed by atoms with E-state index in [1.807, 2.05) is 78.9 Å². The third kappa shape index (κ3) is 3.81. The molecule has 2 bridgehead atoms. The van der Waals surface area contributed by atoms with Gasteiger partial charge in [-0.15, -0.1) is 23.2 Å². The summed E-state index contributed by atoms with van der Waals surface area (Å²) < 4.78 is 0. The van der Waals surface area contributed by atoms with E-state index in [-0.39, 0.29) is 12.0 Å². The monoisotopic (exact) mass is 610 g/mol. The molecule has 7 nitrogen and oxygen atoms in total. The molecule has 214 valence electrons. The summed E-state index contributed by atoms with van der Waals surface area (Å²) in [5.74, 6) is -4.89. The number of aromatic carboxylic acids is 1. The number of alkyl halides is 2. The van der Waals surface area contributed by atoms with Gasteiger partial charge < -0.3 is 10.4 Å². The Balaban J connectivity index is 1.33.